The first-order valence-corrected chi connectivity index (χ1v) is 9.10. The smallest absolute Gasteiger partial charge is 0.141 e. The molecule has 0 aliphatic heterocycles. The topological polar surface area (TPSA) is 49.2 Å². The van der Waals surface area contributed by atoms with Crippen molar-refractivity contribution in [1.29, 1.82) is 0 Å². The van der Waals surface area contributed by atoms with Crippen molar-refractivity contribution in [3.63, 3.8) is 0 Å². The number of rotatable bonds is 6. The number of aryl methyl sites for hydroxylation is 1. The minimum atomic E-state index is 0.171. The van der Waals surface area contributed by atoms with Crippen molar-refractivity contribution in [3.05, 3.63) is 16.8 Å². The predicted molar refractivity (Wildman–Crippen MR) is 92.8 cm³/mol. The van der Waals surface area contributed by atoms with Gasteiger partial charge in [0.1, 0.15) is 16.5 Å². The molecule has 0 saturated heterocycles. The van der Waals surface area contributed by atoms with E-state index in [9.17, 15) is 5.11 Å². The highest BCUT2D eigenvalue weighted by atomic mass is 32.1. The number of hydrogen-bond acceptors (Lipinski definition) is 5. The van der Waals surface area contributed by atoms with Crippen molar-refractivity contribution in [1.82, 2.24) is 9.97 Å². The third kappa shape index (κ3) is 2.97. The van der Waals surface area contributed by atoms with E-state index in [0.717, 1.165) is 22.9 Å². The lowest BCUT2D eigenvalue weighted by atomic mass is 9.91. The minimum Gasteiger partial charge on any atom is -0.395 e. The fourth-order valence-corrected chi connectivity index (χ4v) is 4.14. The number of aromatic nitrogens is 2. The Hall–Kier alpha value is -1.20. The second kappa shape index (κ2) is 6.50. The van der Waals surface area contributed by atoms with E-state index in [0.29, 0.717) is 18.5 Å². The van der Waals surface area contributed by atoms with Gasteiger partial charge in [-0.15, -0.1) is 11.3 Å². The van der Waals surface area contributed by atoms with Crippen LogP contribution in [0, 0.1) is 12.8 Å². The maximum atomic E-state index is 9.49. The molecule has 1 saturated carbocycles. The van der Waals surface area contributed by atoms with Gasteiger partial charge in [-0.2, -0.15) is 0 Å². The molecule has 120 valence electrons. The molecule has 0 radical (unpaired) electrons. The summed E-state index contributed by atoms with van der Waals surface area (Å²) in [5, 5.41) is 12.9. The standard InChI is InChI=1S/C17H25N3OS/c1-11(2)9-13-10-22-17-15(13)16(18-12(3)19-17)20(7-8-21)14-5-4-6-14/h10-11,14,21H,4-9H2,1-3H3. The molecule has 1 N–H and O–H groups in total. The van der Waals surface area contributed by atoms with E-state index in [2.05, 4.69) is 29.1 Å². The lowest BCUT2D eigenvalue weighted by molar-refractivity contribution is 0.283. The average Bonchev–Trinajstić information content (AvgIpc) is 2.77. The van der Waals surface area contributed by atoms with E-state index in [-0.39, 0.29) is 6.61 Å². The first-order chi connectivity index (χ1) is 10.6. The van der Waals surface area contributed by atoms with Crippen LogP contribution in [0.2, 0.25) is 0 Å². The predicted octanol–water partition coefficient (Wildman–Crippen LogP) is 3.55. The molecule has 22 heavy (non-hydrogen) atoms. The Morgan fingerprint density at radius 3 is 2.73 bits per heavy atom. The second-order valence-electron chi connectivity index (χ2n) is 6.64. The molecule has 2 aromatic rings. The molecule has 1 aliphatic rings. The number of thiophene rings is 1. The summed E-state index contributed by atoms with van der Waals surface area (Å²) in [6.07, 6.45) is 4.74. The Labute approximate surface area is 136 Å². The summed E-state index contributed by atoms with van der Waals surface area (Å²) in [4.78, 5) is 12.8. The molecule has 0 aromatic carbocycles. The van der Waals surface area contributed by atoms with E-state index < -0.39 is 0 Å². The lowest BCUT2D eigenvalue weighted by Gasteiger charge is -2.38. The maximum absolute atomic E-state index is 9.49. The van der Waals surface area contributed by atoms with Crippen LogP contribution in [0.4, 0.5) is 5.82 Å². The Bertz CT molecular complexity index is 649. The van der Waals surface area contributed by atoms with Gasteiger partial charge in [-0.05, 0) is 49.5 Å². The summed E-state index contributed by atoms with van der Waals surface area (Å²) in [5.74, 6) is 2.47. The van der Waals surface area contributed by atoms with Crippen LogP contribution < -0.4 is 4.90 Å². The molecule has 0 bridgehead atoms. The zero-order chi connectivity index (χ0) is 15.7. The summed E-state index contributed by atoms with van der Waals surface area (Å²) >= 11 is 1.72. The number of aliphatic hydroxyl groups is 1. The molecule has 3 rings (SSSR count). The van der Waals surface area contributed by atoms with Gasteiger partial charge >= 0.3 is 0 Å². The Morgan fingerprint density at radius 2 is 2.14 bits per heavy atom. The van der Waals surface area contributed by atoms with Gasteiger partial charge in [0.05, 0.1) is 12.0 Å². The van der Waals surface area contributed by atoms with Crippen molar-refractivity contribution in [2.45, 2.75) is 52.5 Å². The third-order valence-electron chi connectivity index (χ3n) is 4.36. The molecule has 5 heteroatoms. The third-order valence-corrected chi connectivity index (χ3v) is 5.28. The number of fused-ring (bicyclic) bond motifs is 1. The van der Waals surface area contributed by atoms with Crippen LogP contribution in [0.25, 0.3) is 10.2 Å². The number of hydrogen-bond donors (Lipinski definition) is 1. The monoisotopic (exact) mass is 319 g/mol. The molecular formula is C17H25N3OS. The molecule has 4 nitrogen and oxygen atoms in total. The highest BCUT2D eigenvalue weighted by molar-refractivity contribution is 7.17. The van der Waals surface area contributed by atoms with Gasteiger partial charge < -0.3 is 10.0 Å². The Kier molecular flexibility index (Phi) is 4.64. The van der Waals surface area contributed by atoms with E-state index >= 15 is 0 Å². The molecule has 0 unspecified atom stereocenters. The van der Waals surface area contributed by atoms with E-state index in [1.165, 1.54) is 30.2 Å². The Balaban J connectivity index is 2.10. The minimum absolute atomic E-state index is 0.171. The maximum Gasteiger partial charge on any atom is 0.141 e. The molecular weight excluding hydrogens is 294 g/mol. The van der Waals surface area contributed by atoms with Crippen LogP contribution in [-0.4, -0.2) is 34.3 Å². The van der Waals surface area contributed by atoms with E-state index in [4.69, 9.17) is 4.98 Å². The summed E-state index contributed by atoms with van der Waals surface area (Å²) in [6, 6.07) is 0.524. The van der Waals surface area contributed by atoms with Crippen LogP contribution in [0.5, 0.6) is 0 Å². The van der Waals surface area contributed by atoms with Crippen LogP contribution in [0.15, 0.2) is 5.38 Å². The largest absolute Gasteiger partial charge is 0.395 e. The normalized spacial score (nSPS) is 15.5. The van der Waals surface area contributed by atoms with E-state index in [1.54, 1.807) is 11.3 Å². The zero-order valence-corrected chi connectivity index (χ0v) is 14.5. The van der Waals surface area contributed by atoms with Gasteiger partial charge in [0, 0.05) is 12.6 Å². The molecule has 2 heterocycles. The second-order valence-corrected chi connectivity index (χ2v) is 7.49. The zero-order valence-electron chi connectivity index (χ0n) is 13.7. The lowest BCUT2D eigenvalue weighted by Crippen LogP contribution is -2.42. The number of nitrogens with zero attached hydrogens (tertiary/aromatic N) is 3. The van der Waals surface area contributed by atoms with Gasteiger partial charge in [-0.25, -0.2) is 9.97 Å². The average molecular weight is 319 g/mol. The molecule has 0 spiro atoms. The molecule has 2 aromatic heterocycles. The first kappa shape index (κ1) is 15.7. The number of anilines is 1. The fraction of sp³-hybridized carbons (Fsp3) is 0.647. The number of aliphatic hydroxyl groups excluding tert-OH is 1. The van der Waals surface area contributed by atoms with Crippen molar-refractivity contribution in [2.24, 2.45) is 5.92 Å². The summed E-state index contributed by atoms with van der Waals surface area (Å²) in [5.41, 5.74) is 1.35. The summed E-state index contributed by atoms with van der Waals surface area (Å²) < 4.78 is 0. The van der Waals surface area contributed by atoms with Crippen molar-refractivity contribution in [3.8, 4) is 0 Å². The molecule has 1 aliphatic carbocycles. The summed E-state index contributed by atoms with van der Waals surface area (Å²) in [7, 11) is 0. The van der Waals surface area contributed by atoms with Crippen molar-refractivity contribution >= 4 is 27.4 Å². The highest BCUT2D eigenvalue weighted by Gasteiger charge is 2.28. The molecule has 1 fully saturated rings. The molecule has 0 amide bonds. The van der Waals surface area contributed by atoms with E-state index in [1.807, 2.05) is 6.92 Å². The van der Waals surface area contributed by atoms with Gasteiger partial charge in [-0.3, -0.25) is 0 Å². The van der Waals surface area contributed by atoms with Crippen LogP contribution >= 0.6 is 11.3 Å². The van der Waals surface area contributed by atoms with Gasteiger partial charge in [0.2, 0.25) is 0 Å². The van der Waals surface area contributed by atoms with Crippen molar-refractivity contribution in [2.75, 3.05) is 18.1 Å². The summed E-state index contributed by atoms with van der Waals surface area (Å²) in [6.45, 7) is 7.28. The van der Waals surface area contributed by atoms with Gasteiger partial charge in [0.25, 0.3) is 0 Å². The molecule has 0 atom stereocenters. The highest BCUT2D eigenvalue weighted by Crippen LogP contribution is 2.37. The Morgan fingerprint density at radius 1 is 1.36 bits per heavy atom. The van der Waals surface area contributed by atoms with Crippen LogP contribution in [-0.2, 0) is 6.42 Å². The van der Waals surface area contributed by atoms with Crippen molar-refractivity contribution < 1.29 is 5.11 Å². The van der Waals surface area contributed by atoms with Crippen LogP contribution in [0.3, 0.4) is 0 Å². The quantitative estimate of drug-likeness (QED) is 0.884. The van der Waals surface area contributed by atoms with Gasteiger partial charge in [-0.1, -0.05) is 13.8 Å². The SMILES string of the molecule is Cc1nc(N(CCO)C2CCC2)c2c(CC(C)C)csc2n1. The van der Waals surface area contributed by atoms with Gasteiger partial charge in [0.15, 0.2) is 0 Å². The first-order valence-electron chi connectivity index (χ1n) is 8.22. The van der Waals surface area contributed by atoms with Crippen LogP contribution in [0.1, 0.15) is 44.5 Å². The fourth-order valence-electron chi connectivity index (χ4n) is 3.15.